The van der Waals surface area contributed by atoms with Crippen LogP contribution in [0.1, 0.15) is 37.4 Å². The van der Waals surface area contributed by atoms with Crippen LogP contribution in [0.15, 0.2) is 6.20 Å². The number of alkyl halides is 2. The molecule has 2 heterocycles. The lowest BCUT2D eigenvalue weighted by Crippen LogP contribution is -2.05. The Morgan fingerprint density at radius 1 is 1.35 bits per heavy atom. The minimum atomic E-state index is -2.89. The van der Waals surface area contributed by atoms with Gasteiger partial charge in [-0.2, -0.15) is 0 Å². The van der Waals surface area contributed by atoms with Crippen LogP contribution in [0.25, 0.3) is 5.52 Å². The third kappa shape index (κ3) is 1.71. The van der Waals surface area contributed by atoms with Gasteiger partial charge < -0.3 is 5.73 Å². The Hall–Kier alpha value is -1.79. The molecule has 0 aliphatic rings. The molecule has 2 rings (SSSR count). The lowest BCUT2D eigenvalue weighted by Gasteiger charge is -2.08. The normalized spacial score (nSPS) is 11.9. The zero-order valence-electron chi connectivity index (χ0n) is 9.28. The van der Waals surface area contributed by atoms with E-state index in [1.807, 2.05) is 0 Å². The Morgan fingerprint density at radius 3 is 2.53 bits per heavy atom. The van der Waals surface area contributed by atoms with Crippen molar-refractivity contribution >= 4 is 11.5 Å². The highest BCUT2D eigenvalue weighted by Gasteiger charge is 2.27. The first kappa shape index (κ1) is 11.7. The minimum Gasteiger partial charge on any atom is -0.367 e. The summed E-state index contributed by atoms with van der Waals surface area (Å²) >= 11 is 0. The van der Waals surface area contributed by atoms with Gasteiger partial charge in [0.2, 0.25) is 5.95 Å². The van der Waals surface area contributed by atoms with E-state index >= 15 is 0 Å². The van der Waals surface area contributed by atoms with Crippen molar-refractivity contribution in [1.82, 2.24) is 14.6 Å². The standard InChI is InChI=1S/C10H11F3N4/c1-4(2)8-6(9(12)13)7(11)5-3-15-10(14)16-17(5)8/h3-4,9H,1-2H3,(H2,14,16). The SMILES string of the molecule is CC(C)c1c(C(F)F)c(F)c2cnc(N)nn12. The Bertz CT molecular complexity index is 562. The molecule has 4 nitrogen and oxygen atoms in total. The van der Waals surface area contributed by atoms with E-state index in [1.165, 1.54) is 0 Å². The van der Waals surface area contributed by atoms with Gasteiger partial charge in [-0.25, -0.2) is 22.7 Å². The van der Waals surface area contributed by atoms with Crippen LogP contribution in [-0.2, 0) is 0 Å². The molecule has 0 saturated carbocycles. The number of nitrogen functional groups attached to an aromatic ring is 1. The summed E-state index contributed by atoms with van der Waals surface area (Å²) in [7, 11) is 0. The lowest BCUT2D eigenvalue weighted by atomic mass is 10.1. The van der Waals surface area contributed by atoms with Gasteiger partial charge in [0.1, 0.15) is 5.52 Å². The summed E-state index contributed by atoms with van der Waals surface area (Å²) in [6, 6.07) is 0. The van der Waals surface area contributed by atoms with E-state index in [4.69, 9.17) is 5.73 Å². The maximum Gasteiger partial charge on any atom is 0.268 e. The quantitative estimate of drug-likeness (QED) is 0.883. The van der Waals surface area contributed by atoms with Crippen LogP contribution in [0.5, 0.6) is 0 Å². The molecule has 0 aliphatic carbocycles. The van der Waals surface area contributed by atoms with Gasteiger partial charge in [-0.1, -0.05) is 13.8 Å². The first-order chi connectivity index (χ1) is 7.93. The van der Waals surface area contributed by atoms with E-state index in [2.05, 4.69) is 10.1 Å². The molecule has 2 aromatic heterocycles. The summed E-state index contributed by atoms with van der Waals surface area (Å²) in [5, 5.41) is 3.77. The number of hydrogen-bond acceptors (Lipinski definition) is 3. The highest BCUT2D eigenvalue weighted by Crippen LogP contribution is 2.34. The van der Waals surface area contributed by atoms with Gasteiger partial charge >= 0.3 is 0 Å². The van der Waals surface area contributed by atoms with Gasteiger partial charge in [-0.05, 0) is 5.92 Å². The van der Waals surface area contributed by atoms with Crippen LogP contribution in [0, 0.1) is 5.82 Å². The van der Waals surface area contributed by atoms with Gasteiger partial charge in [0.05, 0.1) is 17.5 Å². The summed E-state index contributed by atoms with van der Waals surface area (Å²) in [6.07, 6.45) is -1.79. The molecule has 0 aromatic carbocycles. The largest absolute Gasteiger partial charge is 0.367 e. The van der Waals surface area contributed by atoms with E-state index in [0.717, 1.165) is 10.7 Å². The predicted octanol–water partition coefficient (Wildman–Crippen LogP) is 2.51. The van der Waals surface area contributed by atoms with Crippen LogP contribution in [0.3, 0.4) is 0 Å². The van der Waals surface area contributed by atoms with Crippen molar-refractivity contribution in [2.24, 2.45) is 0 Å². The van der Waals surface area contributed by atoms with Crippen molar-refractivity contribution in [3.63, 3.8) is 0 Å². The molecular weight excluding hydrogens is 233 g/mol. The van der Waals surface area contributed by atoms with Gasteiger partial charge in [0.15, 0.2) is 5.82 Å². The van der Waals surface area contributed by atoms with E-state index in [-0.39, 0.29) is 23.1 Å². The summed E-state index contributed by atoms with van der Waals surface area (Å²) in [4.78, 5) is 3.60. The van der Waals surface area contributed by atoms with Crippen LogP contribution in [-0.4, -0.2) is 14.6 Å². The number of hydrogen-bond donors (Lipinski definition) is 1. The fourth-order valence-electron chi connectivity index (χ4n) is 1.83. The van der Waals surface area contributed by atoms with Gasteiger partial charge in [-0.3, -0.25) is 0 Å². The second-order valence-electron chi connectivity index (χ2n) is 3.98. The van der Waals surface area contributed by atoms with Crippen molar-refractivity contribution in [3.8, 4) is 0 Å². The summed E-state index contributed by atoms with van der Waals surface area (Å²) in [5.74, 6) is -1.37. The minimum absolute atomic E-state index is 0.0850. The van der Waals surface area contributed by atoms with Gasteiger partial charge in [0.25, 0.3) is 6.43 Å². The molecule has 2 N–H and O–H groups in total. The molecule has 0 atom stereocenters. The number of rotatable bonds is 2. The molecule has 0 fully saturated rings. The molecule has 17 heavy (non-hydrogen) atoms. The molecule has 0 bridgehead atoms. The third-order valence-electron chi connectivity index (χ3n) is 2.48. The van der Waals surface area contributed by atoms with Crippen molar-refractivity contribution in [2.75, 3.05) is 5.73 Å². The number of aromatic nitrogens is 3. The molecule has 2 aromatic rings. The molecule has 0 unspecified atom stereocenters. The lowest BCUT2D eigenvalue weighted by molar-refractivity contribution is 0.145. The molecule has 0 amide bonds. The Morgan fingerprint density at radius 2 is 2.00 bits per heavy atom. The maximum atomic E-state index is 13.8. The fourth-order valence-corrected chi connectivity index (χ4v) is 1.83. The maximum absolute atomic E-state index is 13.8. The topological polar surface area (TPSA) is 56.2 Å². The van der Waals surface area contributed by atoms with E-state index < -0.39 is 17.8 Å². The third-order valence-corrected chi connectivity index (χ3v) is 2.48. The molecule has 0 aliphatic heterocycles. The second kappa shape index (κ2) is 3.90. The first-order valence-electron chi connectivity index (χ1n) is 5.04. The average Bonchev–Trinajstić information content (AvgIpc) is 2.51. The molecule has 7 heteroatoms. The molecule has 0 saturated heterocycles. The smallest absolute Gasteiger partial charge is 0.268 e. The second-order valence-corrected chi connectivity index (χ2v) is 3.98. The Kier molecular flexibility index (Phi) is 2.68. The zero-order chi connectivity index (χ0) is 12.7. The van der Waals surface area contributed by atoms with E-state index in [1.54, 1.807) is 13.8 Å². The Labute approximate surface area is 95.3 Å². The first-order valence-corrected chi connectivity index (χ1v) is 5.04. The van der Waals surface area contributed by atoms with Crippen molar-refractivity contribution in [3.05, 3.63) is 23.3 Å². The molecule has 92 valence electrons. The Balaban J connectivity index is 2.88. The number of fused-ring (bicyclic) bond motifs is 1. The van der Waals surface area contributed by atoms with Gasteiger partial charge in [0, 0.05) is 0 Å². The zero-order valence-corrected chi connectivity index (χ0v) is 9.28. The number of nitrogens with zero attached hydrogens (tertiary/aromatic N) is 3. The molecule has 0 spiro atoms. The summed E-state index contributed by atoms with van der Waals surface area (Å²) in [6.45, 7) is 3.37. The molecular formula is C10H11F3N4. The number of anilines is 1. The number of halogens is 3. The van der Waals surface area contributed by atoms with E-state index in [0.29, 0.717) is 0 Å². The van der Waals surface area contributed by atoms with Crippen LogP contribution in [0.2, 0.25) is 0 Å². The monoisotopic (exact) mass is 244 g/mol. The van der Waals surface area contributed by atoms with Crippen molar-refractivity contribution in [1.29, 1.82) is 0 Å². The van der Waals surface area contributed by atoms with Gasteiger partial charge in [-0.15, -0.1) is 5.10 Å². The summed E-state index contributed by atoms with van der Waals surface area (Å²) in [5.41, 5.74) is 4.79. The summed E-state index contributed by atoms with van der Waals surface area (Å²) < 4.78 is 40.6. The highest BCUT2D eigenvalue weighted by atomic mass is 19.3. The number of nitrogens with two attached hydrogens (primary N) is 1. The fraction of sp³-hybridized carbons (Fsp3) is 0.400. The van der Waals surface area contributed by atoms with Crippen LogP contribution < -0.4 is 5.73 Å². The van der Waals surface area contributed by atoms with Crippen molar-refractivity contribution < 1.29 is 13.2 Å². The van der Waals surface area contributed by atoms with Crippen molar-refractivity contribution in [2.45, 2.75) is 26.2 Å². The highest BCUT2D eigenvalue weighted by molar-refractivity contribution is 5.54. The van der Waals surface area contributed by atoms with Crippen LogP contribution in [0.4, 0.5) is 19.1 Å². The van der Waals surface area contributed by atoms with E-state index in [9.17, 15) is 13.2 Å². The predicted molar refractivity (Wildman–Crippen MR) is 56.4 cm³/mol. The molecule has 0 radical (unpaired) electrons. The average molecular weight is 244 g/mol. The van der Waals surface area contributed by atoms with Crippen LogP contribution >= 0.6 is 0 Å².